The van der Waals surface area contributed by atoms with Crippen LogP contribution in [0.5, 0.6) is 5.75 Å². The van der Waals surface area contributed by atoms with Crippen molar-refractivity contribution in [3.05, 3.63) is 54.9 Å². The van der Waals surface area contributed by atoms with Crippen LogP contribution in [-0.4, -0.2) is 59.3 Å². The van der Waals surface area contributed by atoms with Gasteiger partial charge >= 0.3 is 0 Å². The third-order valence-corrected chi connectivity index (χ3v) is 7.42. The molecule has 1 aliphatic carbocycles. The fraction of sp³-hybridized carbons (Fsp3) is 0.393. The molecule has 0 radical (unpaired) electrons. The number of anilines is 5. The number of hydrogen-bond acceptors (Lipinski definition) is 8. The standard InChI is InChI=1S/C28H34N8O/c1-37-24-18-22(36-16-14-35(15-17-36)21-10-6-3-7-11-21)12-13-23(24)32-28-33-26-25(29-19-30-26)27(34-28)31-20-8-4-2-5-9-20/h3,6-7,10-13,18-20H,2,4-5,8-9,14-17H2,1H3,(H3,29,30,31,32,33,34). The maximum absolute atomic E-state index is 5.77. The Labute approximate surface area is 217 Å². The summed E-state index contributed by atoms with van der Waals surface area (Å²) in [5.41, 5.74) is 4.75. The molecule has 9 nitrogen and oxygen atoms in total. The van der Waals surface area contributed by atoms with Gasteiger partial charge in [-0.2, -0.15) is 9.97 Å². The molecule has 4 aromatic rings. The van der Waals surface area contributed by atoms with Gasteiger partial charge in [0.1, 0.15) is 11.3 Å². The number of hydrogen-bond donors (Lipinski definition) is 3. The van der Waals surface area contributed by atoms with Crippen molar-refractivity contribution in [2.24, 2.45) is 0 Å². The van der Waals surface area contributed by atoms with E-state index in [-0.39, 0.29) is 0 Å². The van der Waals surface area contributed by atoms with Crippen molar-refractivity contribution in [2.45, 2.75) is 38.1 Å². The normalized spacial score (nSPS) is 16.7. The Morgan fingerprint density at radius 2 is 1.65 bits per heavy atom. The van der Waals surface area contributed by atoms with Gasteiger partial charge in [0.15, 0.2) is 11.5 Å². The van der Waals surface area contributed by atoms with Crippen molar-refractivity contribution in [1.82, 2.24) is 19.9 Å². The van der Waals surface area contributed by atoms with Crippen molar-refractivity contribution in [3.63, 3.8) is 0 Å². The summed E-state index contributed by atoms with van der Waals surface area (Å²) in [5, 5.41) is 7.00. The van der Waals surface area contributed by atoms with Crippen LogP contribution in [0.2, 0.25) is 0 Å². The molecule has 0 bridgehead atoms. The number of rotatable bonds is 7. The lowest BCUT2D eigenvalue weighted by molar-refractivity contribution is 0.416. The van der Waals surface area contributed by atoms with Crippen LogP contribution in [0.15, 0.2) is 54.9 Å². The van der Waals surface area contributed by atoms with Crippen LogP contribution in [0.3, 0.4) is 0 Å². The average Bonchev–Trinajstić information content (AvgIpc) is 3.44. The zero-order valence-electron chi connectivity index (χ0n) is 21.3. The number of H-pyrrole nitrogens is 1. The van der Waals surface area contributed by atoms with Crippen LogP contribution < -0.4 is 25.2 Å². The molecule has 0 spiro atoms. The number of para-hydroxylation sites is 1. The summed E-state index contributed by atoms with van der Waals surface area (Å²) in [7, 11) is 1.70. The summed E-state index contributed by atoms with van der Waals surface area (Å²) < 4.78 is 5.77. The number of aromatic amines is 1. The lowest BCUT2D eigenvalue weighted by Crippen LogP contribution is -2.46. The Bertz CT molecular complexity index is 1330. The molecule has 192 valence electrons. The van der Waals surface area contributed by atoms with Crippen molar-refractivity contribution < 1.29 is 4.74 Å². The Morgan fingerprint density at radius 1 is 0.892 bits per heavy atom. The number of imidazole rings is 1. The summed E-state index contributed by atoms with van der Waals surface area (Å²) >= 11 is 0. The number of benzene rings is 2. The minimum Gasteiger partial charge on any atom is -0.494 e. The van der Waals surface area contributed by atoms with Crippen molar-refractivity contribution in [3.8, 4) is 5.75 Å². The van der Waals surface area contributed by atoms with Crippen LogP contribution in [0.4, 0.5) is 28.8 Å². The van der Waals surface area contributed by atoms with Gasteiger partial charge in [-0.1, -0.05) is 37.5 Å². The number of nitrogens with zero attached hydrogens (tertiary/aromatic N) is 5. The molecular formula is C28H34N8O. The van der Waals surface area contributed by atoms with E-state index in [0.29, 0.717) is 17.6 Å². The van der Waals surface area contributed by atoms with Crippen LogP contribution in [-0.2, 0) is 0 Å². The van der Waals surface area contributed by atoms with Crippen LogP contribution in [0.25, 0.3) is 11.2 Å². The Kier molecular flexibility index (Phi) is 6.66. The first-order valence-corrected chi connectivity index (χ1v) is 13.2. The highest BCUT2D eigenvalue weighted by Gasteiger charge is 2.20. The van der Waals surface area contributed by atoms with Crippen LogP contribution in [0, 0.1) is 0 Å². The molecule has 0 amide bonds. The van der Waals surface area contributed by atoms with Gasteiger partial charge in [-0.15, -0.1) is 0 Å². The minimum absolute atomic E-state index is 0.424. The van der Waals surface area contributed by atoms with E-state index in [1.165, 1.54) is 24.9 Å². The average molecular weight is 499 g/mol. The third-order valence-electron chi connectivity index (χ3n) is 7.42. The summed E-state index contributed by atoms with van der Waals surface area (Å²) in [4.78, 5) is 21.9. The van der Waals surface area contributed by atoms with Crippen LogP contribution in [0.1, 0.15) is 32.1 Å². The highest BCUT2D eigenvalue weighted by Crippen LogP contribution is 2.33. The monoisotopic (exact) mass is 498 g/mol. The molecule has 1 saturated heterocycles. The van der Waals surface area contributed by atoms with Crippen molar-refractivity contribution in [2.75, 3.05) is 53.7 Å². The SMILES string of the molecule is COc1cc(N2CCN(c3ccccc3)CC2)ccc1Nc1nc(NC2CCCCC2)c2nc[nH]c2n1. The molecule has 2 aliphatic rings. The minimum atomic E-state index is 0.424. The highest BCUT2D eigenvalue weighted by atomic mass is 16.5. The fourth-order valence-electron chi connectivity index (χ4n) is 5.39. The number of ether oxygens (including phenoxy) is 1. The first-order valence-electron chi connectivity index (χ1n) is 13.2. The zero-order valence-corrected chi connectivity index (χ0v) is 21.3. The maximum Gasteiger partial charge on any atom is 0.231 e. The van der Waals surface area contributed by atoms with Gasteiger partial charge in [-0.3, -0.25) is 0 Å². The molecule has 9 heteroatoms. The molecule has 2 fully saturated rings. The number of aromatic nitrogens is 4. The topological polar surface area (TPSA) is 94.2 Å². The number of methoxy groups -OCH3 is 1. The predicted molar refractivity (Wildman–Crippen MR) is 149 cm³/mol. The Morgan fingerprint density at radius 3 is 2.41 bits per heavy atom. The Balaban J connectivity index is 1.18. The molecule has 37 heavy (non-hydrogen) atoms. The van der Waals surface area contributed by atoms with Gasteiger partial charge in [0.2, 0.25) is 5.95 Å². The van der Waals surface area contributed by atoms with E-state index in [1.807, 2.05) is 6.07 Å². The molecule has 3 N–H and O–H groups in total. The van der Waals surface area contributed by atoms with E-state index < -0.39 is 0 Å². The second-order valence-corrected chi connectivity index (χ2v) is 9.79. The second-order valence-electron chi connectivity index (χ2n) is 9.79. The second kappa shape index (κ2) is 10.5. The zero-order chi connectivity index (χ0) is 25.0. The smallest absolute Gasteiger partial charge is 0.231 e. The summed E-state index contributed by atoms with van der Waals surface area (Å²) in [6.07, 6.45) is 7.80. The molecule has 2 aromatic carbocycles. The van der Waals surface area contributed by atoms with E-state index in [2.05, 4.69) is 77.8 Å². The van der Waals surface area contributed by atoms with Gasteiger partial charge in [-0.05, 0) is 37.1 Å². The quantitative estimate of drug-likeness (QED) is 0.321. The van der Waals surface area contributed by atoms with Crippen molar-refractivity contribution in [1.29, 1.82) is 0 Å². The molecule has 0 unspecified atom stereocenters. The number of fused-ring (bicyclic) bond motifs is 1. The van der Waals surface area contributed by atoms with Gasteiger partial charge < -0.3 is 30.2 Å². The fourth-order valence-corrected chi connectivity index (χ4v) is 5.39. The first kappa shape index (κ1) is 23.4. The van der Waals surface area contributed by atoms with Crippen LogP contribution >= 0.6 is 0 Å². The molecule has 1 aliphatic heterocycles. The molecule has 3 heterocycles. The summed E-state index contributed by atoms with van der Waals surface area (Å²) in [6.45, 7) is 3.89. The number of piperazine rings is 1. The lowest BCUT2D eigenvalue weighted by Gasteiger charge is -2.37. The lowest BCUT2D eigenvalue weighted by atomic mass is 9.95. The predicted octanol–water partition coefficient (Wildman–Crippen LogP) is 5.18. The van der Waals surface area contributed by atoms with Crippen molar-refractivity contribution >= 4 is 40.0 Å². The molecule has 6 rings (SSSR count). The molecular weight excluding hydrogens is 464 g/mol. The van der Waals surface area contributed by atoms with E-state index in [4.69, 9.17) is 9.72 Å². The van der Waals surface area contributed by atoms with Gasteiger partial charge in [-0.25, -0.2) is 4.98 Å². The summed E-state index contributed by atoms with van der Waals surface area (Å²) in [5.74, 6) is 2.04. The van der Waals surface area contributed by atoms with E-state index in [0.717, 1.165) is 67.5 Å². The highest BCUT2D eigenvalue weighted by molar-refractivity contribution is 5.84. The third kappa shape index (κ3) is 5.12. The maximum atomic E-state index is 5.77. The van der Waals surface area contributed by atoms with E-state index in [9.17, 15) is 0 Å². The summed E-state index contributed by atoms with van der Waals surface area (Å²) in [6, 6.07) is 17.3. The Hall–Kier alpha value is -4.01. The van der Waals surface area contributed by atoms with E-state index >= 15 is 0 Å². The van der Waals surface area contributed by atoms with Gasteiger partial charge in [0.05, 0.1) is 19.1 Å². The molecule has 2 aromatic heterocycles. The number of nitrogens with one attached hydrogen (secondary N) is 3. The van der Waals surface area contributed by atoms with E-state index in [1.54, 1.807) is 13.4 Å². The first-order chi connectivity index (χ1) is 18.3. The largest absolute Gasteiger partial charge is 0.494 e. The van der Waals surface area contributed by atoms with Gasteiger partial charge in [0.25, 0.3) is 0 Å². The molecule has 0 atom stereocenters. The van der Waals surface area contributed by atoms with Gasteiger partial charge in [0, 0.05) is 49.7 Å². The molecule has 1 saturated carbocycles.